The molecule has 2 N–H and O–H groups in total. The first-order chi connectivity index (χ1) is 9.24. The Balaban J connectivity index is 1.92. The fourth-order valence-electron chi connectivity index (χ4n) is 1.78. The lowest BCUT2D eigenvalue weighted by atomic mass is 10.2. The van der Waals surface area contributed by atoms with Crippen molar-refractivity contribution in [3.05, 3.63) is 36.2 Å². The highest BCUT2D eigenvalue weighted by Crippen LogP contribution is 2.26. The van der Waals surface area contributed by atoms with Crippen molar-refractivity contribution < 1.29 is 0 Å². The van der Waals surface area contributed by atoms with Crippen molar-refractivity contribution in [2.45, 2.75) is 17.1 Å². The molecule has 0 saturated heterocycles. The van der Waals surface area contributed by atoms with Gasteiger partial charge in [0.25, 0.3) is 0 Å². The average Bonchev–Trinajstić information content (AvgIpc) is 2.80. The molecule has 0 fully saturated rings. The Labute approximate surface area is 114 Å². The molecule has 0 saturated carbocycles. The molecule has 2 heterocycles. The summed E-state index contributed by atoms with van der Waals surface area (Å²) in [5, 5.41) is 4.68. The minimum Gasteiger partial charge on any atom is -0.373 e. The number of anilines is 1. The molecule has 0 bridgehead atoms. The van der Waals surface area contributed by atoms with Gasteiger partial charge in [-0.1, -0.05) is 6.07 Å². The first-order valence-electron chi connectivity index (χ1n) is 5.88. The second-order valence-electron chi connectivity index (χ2n) is 4.16. The van der Waals surface area contributed by atoms with E-state index in [2.05, 4.69) is 44.3 Å². The van der Waals surface area contributed by atoms with Crippen LogP contribution in [0.15, 0.2) is 40.8 Å². The molecule has 19 heavy (non-hydrogen) atoms. The zero-order valence-electron chi connectivity index (χ0n) is 10.6. The van der Waals surface area contributed by atoms with Crippen LogP contribution in [-0.4, -0.2) is 27.0 Å². The van der Waals surface area contributed by atoms with E-state index >= 15 is 0 Å². The SMILES string of the molecule is CNc1cc(Sc2nc3ccc(C)cc3[nH]2)ncn1. The number of nitrogens with one attached hydrogen (secondary N) is 2. The van der Waals surface area contributed by atoms with Crippen LogP contribution >= 0.6 is 11.8 Å². The average molecular weight is 271 g/mol. The summed E-state index contributed by atoms with van der Waals surface area (Å²) in [6.07, 6.45) is 1.54. The van der Waals surface area contributed by atoms with Gasteiger partial charge in [-0.3, -0.25) is 0 Å². The fraction of sp³-hybridized carbons (Fsp3) is 0.154. The number of nitrogens with zero attached hydrogens (tertiary/aromatic N) is 3. The van der Waals surface area contributed by atoms with Crippen LogP contribution in [0.2, 0.25) is 0 Å². The van der Waals surface area contributed by atoms with Crippen LogP contribution in [0.5, 0.6) is 0 Å². The molecule has 3 aromatic rings. The van der Waals surface area contributed by atoms with E-state index in [1.165, 1.54) is 17.3 Å². The Kier molecular flexibility index (Phi) is 3.08. The molecule has 1 aromatic carbocycles. The number of H-pyrrole nitrogens is 1. The van der Waals surface area contributed by atoms with Crippen LogP contribution in [0.25, 0.3) is 11.0 Å². The Hall–Kier alpha value is -2.08. The maximum atomic E-state index is 4.53. The Morgan fingerprint density at radius 1 is 1.21 bits per heavy atom. The number of hydrogen-bond acceptors (Lipinski definition) is 5. The third kappa shape index (κ3) is 2.53. The van der Waals surface area contributed by atoms with Crippen molar-refractivity contribution in [2.24, 2.45) is 0 Å². The van der Waals surface area contributed by atoms with Gasteiger partial charge < -0.3 is 10.3 Å². The van der Waals surface area contributed by atoms with Crippen LogP contribution in [0.4, 0.5) is 5.82 Å². The van der Waals surface area contributed by atoms with Crippen LogP contribution in [-0.2, 0) is 0 Å². The predicted molar refractivity (Wildman–Crippen MR) is 76.5 cm³/mol. The number of rotatable bonds is 3. The number of aromatic nitrogens is 4. The minimum atomic E-state index is 0.796. The quantitative estimate of drug-likeness (QED) is 0.717. The standard InChI is InChI=1S/C13H13N5S/c1-8-3-4-9-10(5-8)18-13(17-9)19-12-6-11(14-2)15-7-16-12/h3-7H,1-2H3,(H,17,18)(H,14,15,16). The molecule has 2 aromatic heterocycles. The van der Waals surface area contributed by atoms with Crippen molar-refractivity contribution >= 4 is 28.6 Å². The van der Waals surface area contributed by atoms with Gasteiger partial charge in [0.1, 0.15) is 17.2 Å². The van der Waals surface area contributed by atoms with E-state index in [-0.39, 0.29) is 0 Å². The van der Waals surface area contributed by atoms with Crippen molar-refractivity contribution in [3.63, 3.8) is 0 Å². The highest BCUT2D eigenvalue weighted by molar-refractivity contribution is 7.99. The van der Waals surface area contributed by atoms with Gasteiger partial charge in [-0.2, -0.15) is 0 Å². The summed E-state index contributed by atoms with van der Waals surface area (Å²) in [6, 6.07) is 8.06. The Morgan fingerprint density at radius 3 is 2.95 bits per heavy atom. The number of aromatic amines is 1. The largest absolute Gasteiger partial charge is 0.373 e. The highest BCUT2D eigenvalue weighted by Gasteiger charge is 2.06. The fourth-order valence-corrected chi connectivity index (χ4v) is 2.55. The molecule has 0 amide bonds. The van der Waals surface area contributed by atoms with Gasteiger partial charge >= 0.3 is 0 Å². The first kappa shape index (κ1) is 12.0. The van der Waals surface area contributed by atoms with Gasteiger partial charge in [0, 0.05) is 13.1 Å². The minimum absolute atomic E-state index is 0.796. The molecule has 0 aliphatic carbocycles. The molecule has 96 valence electrons. The van der Waals surface area contributed by atoms with Gasteiger partial charge in [0.2, 0.25) is 0 Å². The van der Waals surface area contributed by atoms with E-state index in [1.807, 2.05) is 19.2 Å². The zero-order valence-corrected chi connectivity index (χ0v) is 11.5. The zero-order chi connectivity index (χ0) is 13.2. The lowest BCUT2D eigenvalue weighted by Crippen LogP contribution is -1.93. The first-order valence-corrected chi connectivity index (χ1v) is 6.70. The van der Waals surface area contributed by atoms with E-state index < -0.39 is 0 Å². The van der Waals surface area contributed by atoms with E-state index in [9.17, 15) is 0 Å². The molecule has 0 radical (unpaired) electrons. The van der Waals surface area contributed by atoms with Crippen LogP contribution in [0.3, 0.4) is 0 Å². The maximum Gasteiger partial charge on any atom is 0.172 e. The Morgan fingerprint density at radius 2 is 2.11 bits per heavy atom. The topological polar surface area (TPSA) is 66.5 Å². The van der Waals surface area contributed by atoms with E-state index in [4.69, 9.17) is 0 Å². The highest BCUT2D eigenvalue weighted by atomic mass is 32.2. The molecule has 6 heteroatoms. The summed E-state index contributed by atoms with van der Waals surface area (Å²) < 4.78 is 0. The van der Waals surface area contributed by atoms with Gasteiger partial charge in [-0.15, -0.1) is 0 Å². The third-order valence-electron chi connectivity index (χ3n) is 2.72. The lowest BCUT2D eigenvalue weighted by molar-refractivity contribution is 1.02. The number of fused-ring (bicyclic) bond motifs is 1. The summed E-state index contributed by atoms with van der Waals surface area (Å²) in [5.41, 5.74) is 3.23. The van der Waals surface area contributed by atoms with Gasteiger partial charge in [-0.05, 0) is 36.4 Å². The smallest absolute Gasteiger partial charge is 0.172 e. The summed E-state index contributed by atoms with van der Waals surface area (Å²) in [6.45, 7) is 2.07. The predicted octanol–water partition coefficient (Wildman–Crippen LogP) is 2.85. The van der Waals surface area contributed by atoms with Crippen molar-refractivity contribution in [1.29, 1.82) is 0 Å². The van der Waals surface area contributed by atoms with Gasteiger partial charge in [-0.25, -0.2) is 15.0 Å². The van der Waals surface area contributed by atoms with Crippen molar-refractivity contribution in [1.82, 2.24) is 19.9 Å². The van der Waals surface area contributed by atoms with E-state index in [0.717, 1.165) is 27.0 Å². The maximum absolute atomic E-state index is 4.53. The molecule has 0 aliphatic heterocycles. The molecular formula is C13H13N5S. The Bertz CT molecular complexity index is 722. The number of aryl methyl sites for hydroxylation is 1. The summed E-state index contributed by atoms with van der Waals surface area (Å²) in [7, 11) is 1.83. The number of imidazole rings is 1. The molecule has 5 nitrogen and oxygen atoms in total. The summed E-state index contributed by atoms with van der Waals surface area (Å²) in [4.78, 5) is 16.1. The van der Waals surface area contributed by atoms with E-state index in [1.54, 1.807) is 6.33 Å². The van der Waals surface area contributed by atoms with Crippen LogP contribution in [0, 0.1) is 6.92 Å². The summed E-state index contributed by atoms with van der Waals surface area (Å²) >= 11 is 1.49. The van der Waals surface area contributed by atoms with Gasteiger partial charge in [0.05, 0.1) is 11.0 Å². The summed E-state index contributed by atoms with van der Waals surface area (Å²) in [5.74, 6) is 0.796. The molecule has 3 rings (SSSR count). The third-order valence-corrected chi connectivity index (χ3v) is 3.53. The van der Waals surface area contributed by atoms with E-state index in [0.29, 0.717) is 0 Å². The van der Waals surface area contributed by atoms with Gasteiger partial charge in [0.15, 0.2) is 5.16 Å². The molecule has 0 atom stereocenters. The number of benzene rings is 1. The molecular weight excluding hydrogens is 258 g/mol. The van der Waals surface area contributed by atoms with Crippen molar-refractivity contribution in [3.8, 4) is 0 Å². The van der Waals surface area contributed by atoms with Crippen molar-refractivity contribution in [2.75, 3.05) is 12.4 Å². The molecule has 0 spiro atoms. The molecule has 0 unspecified atom stereocenters. The monoisotopic (exact) mass is 271 g/mol. The lowest BCUT2D eigenvalue weighted by Gasteiger charge is -2.00. The molecule has 0 aliphatic rings. The van der Waals surface area contributed by atoms with Crippen LogP contribution in [0.1, 0.15) is 5.56 Å². The second-order valence-corrected chi connectivity index (χ2v) is 5.17. The normalized spacial score (nSPS) is 10.8. The number of hydrogen-bond donors (Lipinski definition) is 2. The van der Waals surface area contributed by atoms with Crippen LogP contribution < -0.4 is 5.32 Å². The second kappa shape index (κ2) is 4.89.